The zero-order chi connectivity index (χ0) is 32.5. The summed E-state index contributed by atoms with van der Waals surface area (Å²) in [5.74, 6) is 0.608. The van der Waals surface area contributed by atoms with Crippen LogP contribution in [0.2, 0.25) is 0 Å². The van der Waals surface area contributed by atoms with Crippen molar-refractivity contribution in [1.82, 2.24) is 9.97 Å². The molecule has 0 atom stereocenters. The molecule has 0 aliphatic rings. The molecule has 0 saturated carbocycles. The van der Waals surface area contributed by atoms with E-state index >= 15 is 0 Å². The van der Waals surface area contributed by atoms with Crippen molar-refractivity contribution in [2.45, 2.75) is 38.4 Å². The number of aromatic nitrogens is 2. The highest BCUT2D eigenvalue weighted by atomic mass is 16.5. The van der Waals surface area contributed by atoms with E-state index in [1.54, 1.807) is 0 Å². The third kappa shape index (κ3) is 7.92. The molecule has 2 aromatic heterocycles. The van der Waals surface area contributed by atoms with Crippen LogP contribution in [0, 0.1) is 0 Å². The number of hydrogen-bond donors (Lipinski definition) is 1. The van der Waals surface area contributed by atoms with Gasteiger partial charge in [0.15, 0.2) is 0 Å². The van der Waals surface area contributed by atoms with Gasteiger partial charge in [-0.3, -0.25) is 4.79 Å². The maximum absolute atomic E-state index is 11.6. The van der Waals surface area contributed by atoms with Crippen LogP contribution in [0.4, 0.5) is 0 Å². The lowest BCUT2D eigenvalue weighted by molar-refractivity contribution is -0.137. The van der Waals surface area contributed by atoms with Crippen LogP contribution in [0.5, 0.6) is 11.5 Å². The summed E-state index contributed by atoms with van der Waals surface area (Å²) in [6, 6.07) is 47.8. The van der Waals surface area contributed by atoms with E-state index in [9.17, 15) is 9.90 Å². The Morgan fingerprint density at radius 2 is 1.00 bits per heavy atom. The topological polar surface area (TPSA) is 81.5 Å². The number of rotatable bonds is 13. The average molecular weight is 621 g/mol. The van der Waals surface area contributed by atoms with Gasteiger partial charge in [0.05, 0.1) is 22.8 Å². The summed E-state index contributed by atoms with van der Waals surface area (Å²) in [5, 5.41) is 9.55. The summed E-state index contributed by atoms with van der Waals surface area (Å²) in [5.41, 5.74) is 7.08. The molecule has 0 aliphatic carbocycles. The molecule has 0 spiro atoms. The quantitative estimate of drug-likeness (QED) is 0.139. The maximum Gasteiger partial charge on any atom is 0.303 e. The molecule has 47 heavy (non-hydrogen) atoms. The number of ether oxygens (including phenoxy) is 2. The van der Waals surface area contributed by atoms with E-state index in [2.05, 4.69) is 6.92 Å². The SMILES string of the molecule is CC(CCC(=O)O)(c1ccc(OCc2cccc(-c3ccccc3)n2)cc1)c1ccc(OCc2cccc(-c3ccccc3)n2)cc1. The number of aliphatic carboxylic acids is 1. The second-order valence-corrected chi connectivity index (χ2v) is 11.6. The molecular weight excluding hydrogens is 584 g/mol. The number of carboxylic acid groups (broad SMARTS) is 1. The second-order valence-electron chi connectivity index (χ2n) is 11.6. The number of hydrogen-bond acceptors (Lipinski definition) is 5. The van der Waals surface area contributed by atoms with Gasteiger partial charge in [-0.2, -0.15) is 0 Å². The standard InChI is InChI=1S/C41H36N2O4/c1-41(27-26-40(44)45,32-18-22-36(23-19-32)46-28-34-14-8-16-38(42-34)30-10-4-2-5-11-30)33-20-24-37(25-21-33)47-29-35-15-9-17-39(43-35)31-12-6-3-7-13-31/h2-25H,26-29H2,1H3,(H,44,45). The Morgan fingerprint density at radius 1 is 0.574 bits per heavy atom. The molecule has 0 saturated heterocycles. The van der Waals surface area contributed by atoms with Crippen molar-refractivity contribution in [1.29, 1.82) is 0 Å². The van der Waals surface area contributed by atoms with Gasteiger partial charge >= 0.3 is 5.97 Å². The van der Waals surface area contributed by atoms with E-state index in [-0.39, 0.29) is 6.42 Å². The van der Waals surface area contributed by atoms with Crippen molar-refractivity contribution in [3.63, 3.8) is 0 Å². The van der Waals surface area contributed by atoms with Gasteiger partial charge in [-0.05, 0) is 66.1 Å². The fourth-order valence-corrected chi connectivity index (χ4v) is 5.62. The van der Waals surface area contributed by atoms with Gasteiger partial charge in [-0.1, -0.05) is 104 Å². The summed E-state index contributed by atoms with van der Waals surface area (Å²) >= 11 is 0. The fourth-order valence-electron chi connectivity index (χ4n) is 5.62. The van der Waals surface area contributed by atoms with Crippen LogP contribution in [0.15, 0.2) is 146 Å². The molecule has 6 aromatic rings. The van der Waals surface area contributed by atoms with E-state index < -0.39 is 11.4 Å². The molecule has 0 aliphatic heterocycles. The Kier molecular flexibility index (Phi) is 9.68. The number of carbonyl (C=O) groups is 1. The molecule has 0 radical (unpaired) electrons. The minimum Gasteiger partial charge on any atom is -0.487 e. The molecule has 2 heterocycles. The Hall–Kier alpha value is -5.75. The fraction of sp³-hybridized carbons (Fsp3) is 0.146. The van der Waals surface area contributed by atoms with Crippen LogP contribution in [0.1, 0.15) is 42.3 Å². The Morgan fingerprint density at radius 3 is 1.40 bits per heavy atom. The summed E-state index contributed by atoms with van der Waals surface area (Å²) in [6.45, 7) is 2.76. The molecule has 6 nitrogen and oxygen atoms in total. The minimum atomic E-state index is -0.827. The normalized spacial score (nSPS) is 11.2. The van der Waals surface area contributed by atoms with Crippen molar-refractivity contribution in [3.05, 3.63) is 168 Å². The molecule has 6 rings (SSSR count). The maximum atomic E-state index is 11.6. The summed E-state index contributed by atoms with van der Waals surface area (Å²) in [7, 11) is 0. The molecular formula is C41H36N2O4. The van der Waals surface area contributed by atoms with Crippen molar-refractivity contribution in [2.75, 3.05) is 0 Å². The number of benzene rings is 4. The number of carboxylic acids is 1. The number of pyridine rings is 2. The van der Waals surface area contributed by atoms with E-state index in [0.717, 1.165) is 56.5 Å². The smallest absolute Gasteiger partial charge is 0.303 e. The molecule has 1 N–H and O–H groups in total. The first-order valence-corrected chi connectivity index (χ1v) is 15.7. The molecule has 0 fully saturated rings. The lowest BCUT2D eigenvalue weighted by Gasteiger charge is -2.31. The van der Waals surface area contributed by atoms with E-state index in [0.29, 0.717) is 19.6 Å². The second kappa shape index (κ2) is 14.6. The van der Waals surface area contributed by atoms with Crippen LogP contribution in [0.3, 0.4) is 0 Å². The molecule has 6 heteroatoms. The summed E-state index contributed by atoms with van der Waals surface area (Å²) < 4.78 is 12.2. The lowest BCUT2D eigenvalue weighted by Crippen LogP contribution is -2.25. The highest BCUT2D eigenvalue weighted by molar-refractivity contribution is 5.67. The molecule has 0 bridgehead atoms. The van der Waals surface area contributed by atoms with E-state index in [1.165, 1.54) is 0 Å². The van der Waals surface area contributed by atoms with Gasteiger partial charge in [0.2, 0.25) is 0 Å². The van der Waals surface area contributed by atoms with E-state index in [4.69, 9.17) is 19.4 Å². The van der Waals surface area contributed by atoms with Gasteiger partial charge in [0, 0.05) is 23.0 Å². The van der Waals surface area contributed by atoms with Crippen LogP contribution in [0.25, 0.3) is 22.5 Å². The number of nitrogens with zero attached hydrogens (tertiary/aromatic N) is 2. The molecule has 234 valence electrons. The molecule has 0 unspecified atom stereocenters. The van der Waals surface area contributed by atoms with Crippen molar-refractivity contribution >= 4 is 5.97 Å². The monoisotopic (exact) mass is 620 g/mol. The van der Waals surface area contributed by atoms with Crippen LogP contribution in [-0.4, -0.2) is 21.0 Å². The Labute approximate surface area is 275 Å². The predicted molar refractivity (Wildman–Crippen MR) is 184 cm³/mol. The molecule has 4 aromatic carbocycles. The first kappa shape index (κ1) is 31.2. The Balaban J connectivity index is 1.13. The van der Waals surface area contributed by atoms with Crippen molar-refractivity contribution in [2.24, 2.45) is 0 Å². The van der Waals surface area contributed by atoms with Gasteiger partial charge in [-0.25, -0.2) is 9.97 Å². The zero-order valence-electron chi connectivity index (χ0n) is 26.3. The largest absolute Gasteiger partial charge is 0.487 e. The highest BCUT2D eigenvalue weighted by Crippen LogP contribution is 2.38. The third-order valence-electron chi connectivity index (χ3n) is 8.35. The van der Waals surface area contributed by atoms with Crippen molar-refractivity contribution < 1.29 is 19.4 Å². The lowest BCUT2D eigenvalue weighted by atomic mass is 9.73. The van der Waals surface area contributed by atoms with Crippen LogP contribution < -0.4 is 9.47 Å². The van der Waals surface area contributed by atoms with Gasteiger partial charge in [0.25, 0.3) is 0 Å². The average Bonchev–Trinajstić information content (AvgIpc) is 3.13. The summed E-state index contributed by atoms with van der Waals surface area (Å²) in [4.78, 5) is 21.1. The van der Waals surface area contributed by atoms with Gasteiger partial charge in [-0.15, -0.1) is 0 Å². The van der Waals surface area contributed by atoms with Crippen molar-refractivity contribution in [3.8, 4) is 34.0 Å². The van der Waals surface area contributed by atoms with Gasteiger partial charge in [0.1, 0.15) is 24.7 Å². The minimum absolute atomic E-state index is 0.0415. The van der Waals surface area contributed by atoms with Crippen LogP contribution in [-0.2, 0) is 23.4 Å². The van der Waals surface area contributed by atoms with Gasteiger partial charge < -0.3 is 14.6 Å². The predicted octanol–water partition coefficient (Wildman–Crippen LogP) is 9.14. The van der Waals surface area contributed by atoms with Crippen LogP contribution >= 0.6 is 0 Å². The first-order chi connectivity index (χ1) is 23.0. The zero-order valence-corrected chi connectivity index (χ0v) is 26.3. The Bertz CT molecular complexity index is 1780. The highest BCUT2D eigenvalue weighted by Gasteiger charge is 2.30. The third-order valence-corrected chi connectivity index (χ3v) is 8.35. The summed E-state index contributed by atoms with van der Waals surface area (Å²) in [6.07, 6.45) is 0.481. The molecule has 0 amide bonds. The van der Waals surface area contributed by atoms with E-state index in [1.807, 2.05) is 146 Å². The first-order valence-electron chi connectivity index (χ1n) is 15.7.